The number of pyridine rings is 1. The van der Waals surface area contributed by atoms with Crippen molar-refractivity contribution in [1.82, 2.24) is 4.98 Å². The molecule has 0 fully saturated rings. The molecule has 98 valence electrons. The van der Waals surface area contributed by atoms with Gasteiger partial charge in [0.15, 0.2) is 0 Å². The number of nitrogens with zero attached hydrogens (tertiary/aromatic N) is 1. The molecule has 0 atom stereocenters. The minimum absolute atomic E-state index is 0.0993. The van der Waals surface area contributed by atoms with Gasteiger partial charge in [0.2, 0.25) is 0 Å². The number of hydrogen-bond donors (Lipinski definition) is 3. The van der Waals surface area contributed by atoms with E-state index in [1.165, 1.54) is 6.07 Å². The third-order valence-corrected chi connectivity index (χ3v) is 2.70. The molecule has 2 aromatic rings. The molecule has 0 aliphatic carbocycles. The Hall–Kier alpha value is -2.56. The summed E-state index contributed by atoms with van der Waals surface area (Å²) in [5, 5.41) is 12.1. The first kappa shape index (κ1) is 12.9. The zero-order valence-electron chi connectivity index (χ0n) is 10.6. The average Bonchev–Trinajstić information content (AvgIpc) is 2.37. The number of nitrogens with two attached hydrogens (primary N) is 1. The molecule has 0 aliphatic heterocycles. The van der Waals surface area contributed by atoms with Crippen LogP contribution in [0.1, 0.15) is 21.7 Å². The van der Waals surface area contributed by atoms with Crippen LogP contribution < -0.4 is 11.1 Å². The molecule has 1 aromatic carbocycles. The summed E-state index contributed by atoms with van der Waals surface area (Å²) in [6, 6.07) is 10.6. The molecule has 0 saturated carbocycles. The lowest BCUT2D eigenvalue weighted by molar-refractivity contribution is 0.0698. The largest absolute Gasteiger partial charge is 0.478 e. The van der Waals surface area contributed by atoms with Crippen molar-refractivity contribution >= 4 is 17.3 Å². The monoisotopic (exact) mass is 257 g/mol. The van der Waals surface area contributed by atoms with Crippen molar-refractivity contribution in [3.63, 3.8) is 0 Å². The molecule has 1 aromatic heterocycles. The summed E-state index contributed by atoms with van der Waals surface area (Å²) in [5.74, 6) is -1.03. The Morgan fingerprint density at radius 2 is 2.16 bits per heavy atom. The minimum Gasteiger partial charge on any atom is -0.478 e. The summed E-state index contributed by atoms with van der Waals surface area (Å²) in [4.78, 5) is 15.3. The van der Waals surface area contributed by atoms with Gasteiger partial charge in [-0.25, -0.2) is 4.79 Å². The normalized spacial score (nSPS) is 10.2. The zero-order valence-corrected chi connectivity index (χ0v) is 10.6. The molecular weight excluding hydrogens is 242 g/mol. The lowest BCUT2D eigenvalue weighted by Crippen LogP contribution is -2.06. The number of rotatable bonds is 4. The zero-order chi connectivity index (χ0) is 13.8. The van der Waals surface area contributed by atoms with Gasteiger partial charge in [-0.3, -0.25) is 4.98 Å². The third-order valence-electron chi connectivity index (χ3n) is 2.70. The number of anilines is 2. The van der Waals surface area contributed by atoms with Crippen LogP contribution >= 0.6 is 0 Å². The van der Waals surface area contributed by atoms with Gasteiger partial charge in [0.1, 0.15) is 0 Å². The van der Waals surface area contributed by atoms with E-state index in [0.29, 0.717) is 12.2 Å². The predicted octanol–water partition coefficient (Wildman–Crippen LogP) is 2.28. The van der Waals surface area contributed by atoms with Crippen LogP contribution in [-0.4, -0.2) is 16.1 Å². The number of aromatic nitrogens is 1. The first-order valence-electron chi connectivity index (χ1n) is 5.85. The van der Waals surface area contributed by atoms with Crippen molar-refractivity contribution < 1.29 is 9.90 Å². The van der Waals surface area contributed by atoms with Gasteiger partial charge >= 0.3 is 5.97 Å². The summed E-state index contributed by atoms with van der Waals surface area (Å²) >= 11 is 0. The third kappa shape index (κ3) is 3.22. The fourth-order valence-corrected chi connectivity index (χ4v) is 1.74. The van der Waals surface area contributed by atoms with Gasteiger partial charge in [-0.1, -0.05) is 6.07 Å². The number of aryl methyl sites for hydroxylation is 1. The number of carboxylic acid groups (broad SMARTS) is 1. The van der Waals surface area contributed by atoms with Crippen LogP contribution in [0.5, 0.6) is 0 Å². The standard InChI is InChI=1S/C14H15N3O2/c1-9-3-2-4-11(17-9)8-16-10-5-6-13(15)12(7-10)14(18)19/h2-7,16H,8,15H2,1H3,(H,18,19). The Morgan fingerprint density at radius 1 is 1.37 bits per heavy atom. The van der Waals surface area contributed by atoms with Gasteiger partial charge in [0.25, 0.3) is 0 Å². The molecule has 5 heteroatoms. The summed E-state index contributed by atoms with van der Waals surface area (Å²) in [6.07, 6.45) is 0. The van der Waals surface area contributed by atoms with Gasteiger partial charge in [-0.05, 0) is 37.3 Å². The lowest BCUT2D eigenvalue weighted by Gasteiger charge is -2.08. The van der Waals surface area contributed by atoms with Crippen molar-refractivity contribution in [2.75, 3.05) is 11.1 Å². The number of nitrogen functional groups attached to an aromatic ring is 1. The van der Waals surface area contributed by atoms with Crippen LogP contribution in [0.25, 0.3) is 0 Å². The van der Waals surface area contributed by atoms with Gasteiger partial charge in [-0.2, -0.15) is 0 Å². The summed E-state index contributed by atoms with van der Waals surface area (Å²) in [5.41, 5.74) is 8.50. The molecular formula is C14H15N3O2. The van der Waals surface area contributed by atoms with E-state index in [9.17, 15) is 4.79 Å². The Labute approximate surface area is 111 Å². The lowest BCUT2D eigenvalue weighted by atomic mass is 10.1. The second-order valence-corrected chi connectivity index (χ2v) is 4.23. The number of nitrogens with one attached hydrogen (secondary N) is 1. The van der Waals surface area contributed by atoms with Crippen molar-refractivity contribution in [2.24, 2.45) is 0 Å². The fraction of sp³-hybridized carbons (Fsp3) is 0.143. The first-order chi connectivity index (χ1) is 9.06. The molecule has 0 saturated heterocycles. The highest BCUT2D eigenvalue weighted by atomic mass is 16.4. The van der Waals surface area contributed by atoms with E-state index in [1.807, 2.05) is 25.1 Å². The highest BCUT2D eigenvalue weighted by Gasteiger charge is 2.08. The number of carboxylic acids is 1. The molecule has 0 bridgehead atoms. The van der Waals surface area contributed by atoms with Gasteiger partial charge in [0.05, 0.1) is 17.8 Å². The average molecular weight is 257 g/mol. The van der Waals surface area contributed by atoms with Gasteiger partial charge < -0.3 is 16.2 Å². The Morgan fingerprint density at radius 3 is 2.84 bits per heavy atom. The van der Waals surface area contributed by atoms with E-state index < -0.39 is 5.97 Å². The van der Waals surface area contributed by atoms with Crippen LogP contribution in [0.2, 0.25) is 0 Å². The maximum absolute atomic E-state index is 11.0. The quantitative estimate of drug-likeness (QED) is 0.731. The van der Waals surface area contributed by atoms with Crippen molar-refractivity contribution in [1.29, 1.82) is 0 Å². The van der Waals surface area contributed by atoms with Crippen LogP contribution in [0.3, 0.4) is 0 Å². The van der Waals surface area contributed by atoms with Gasteiger partial charge in [0, 0.05) is 17.1 Å². The van der Waals surface area contributed by atoms with Crippen molar-refractivity contribution in [3.8, 4) is 0 Å². The van der Waals surface area contributed by atoms with Crippen LogP contribution in [-0.2, 0) is 6.54 Å². The molecule has 0 radical (unpaired) electrons. The van der Waals surface area contributed by atoms with E-state index in [0.717, 1.165) is 11.4 Å². The Balaban J connectivity index is 2.12. The maximum atomic E-state index is 11.0. The van der Waals surface area contributed by atoms with Gasteiger partial charge in [-0.15, -0.1) is 0 Å². The smallest absolute Gasteiger partial charge is 0.337 e. The Bertz CT molecular complexity index is 611. The molecule has 2 rings (SSSR count). The van der Waals surface area contributed by atoms with Crippen LogP contribution in [0.15, 0.2) is 36.4 Å². The molecule has 5 nitrogen and oxygen atoms in total. The van der Waals surface area contributed by atoms with Crippen LogP contribution in [0, 0.1) is 6.92 Å². The van der Waals surface area contributed by atoms with E-state index >= 15 is 0 Å². The summed E-state index contributed by atoms with van der Waals surface area (Å²) < 4.78 is 0. The highest BCUT2D eigenvalue weighted by Crippen LogP contribution is 2.18. The minimum atomic E-state index is -1.03. The number of benzene rings is 1. The summed E-state index contributed by atoms with van der Waals surface area (Å²) in [7, 11) is 0. The van der Waals surface area contributed by atoms with E-state index in [1.54, 1.807) is 12.1 Å². The molecule has 0 unspecified atom stereocenters. The van der Waals surface area contributed by atoms with E-state index in [4.69, 9.17) is 10.8 Å². The Kier molecular flexibility index (Phi) is 3.66. The van der Waals surface area contributed by atoms with Crippen molar-refractivity contribution in [2.45, 2.75) is 13.5 Å². The fourth-order valence-electron chi connectivity index (χ4n) is 1.74. The van der Waals surface area contributed by atoms with E-state index in [2.05, 4.69) is 10.3 Å². The highest BCUT2D eigenvalue weighted by molar-refractivity contribution is 5.94. The molecule has 4 N–H and O–H groups in total. The van der Waals surface area contributed by atoms with Crippen molar-refractivity contribution in [3.05, 3.63) is 53.3 Å². The maximum Gasteiger partial charge on any atom is 0.337 e. The van der Waals surface area contributed by atoms with Crippen LogP contribution in [0.4, 0.5) is 11.4 Å². The summed E-state index contributed by atoms with van der Waals surface area (Å²) in [6.45, 7) is 2.46. The second kappa shape index (κ2) is 5.39. The SMILES string of the molecule is Cc1cccc(CNc2ccc(N)c(C(=O)O)c2)n1. The number of carbonyl (C=O) groups is 1. The predicted molar refractivity (Wildman–Crippen MR) is 74.1 cm³/mol. The van der Waals surface area contributed by atoms with E-state index in [-0.39, 0.29) is 11.3 Å². The first-order valence-corrected chi connectivity index (χ1v) is 5.85. The second-order valence-electron chi connectivity index (χ2n) is 4.23. The topological polar surface area (TPSA) is 88.2 Å². The number of hydrogen-bond acceptors (Lipinski definition) is 4. The molecule has 0 spiro atoms. The molecule has 19 heavy (non-hydrogen) atoms. The molecule has 0 aliphatic rings. The molecule has 1 heterocycles. The molecule has 0 amide bonds. The number of aromatic carboxylic acids is 1.